The largest absolute Gasteiger partial charge is 0.507 e. The Hall–Kier alpha value is -1.95. The average molecular weight is 175 g/mol. The summed E-state index contributed by atoms with van der Waals surface area (Å²) in [5.41, 5.74) is 0.570. The fourth-order valence-electron chi connectivity index (χ4n) is 0.920. The van der Waals surface area contributed by atoms with Crippen molar-refractivity contribution in [2.45, 2.75) is 0 Å². The first-order valence-electron chi connectivity index (χ1n) is 3.71. The van der Waals surface area contributed by atoms with E-state index >= 15 is 0 Å². The summed E-state index contributed by atoms with van der Waals surface area (Å²) in [5, 5.41) is 17.6. The summed E-state index contributed by atoms with van der Waals surface area (Å²) < 4.78 is 4.96. The molecule has 0 fully saturated rings. The Morgan fingerprint density at radius 1 is 1.54 bits per heavy atom. The Morgan fingerprint density at radius 3 is 2.92 bits per heavy atom. The Labute approximate surface area is 76.5 Å². The van der Waals surface area contributed by atoms with Crippen LogP contribution >= 0.6 is 0 Å². The van der Waals surface area contributed by atoms with E-state index in [4.69, 9.17) is 10.00 Å². The molecule has 0 bridgehead atoms. The zero-order chi connectivity index (χ0) is 9.68. The number of phenolic OH excluding ortho intramolecular Hbond substituents is 1. The van der Waals surface area contributed by atoms with Crippen LogP contribution in [0, 0.1) is 11.3 Å². The van der Waals surface area contributed by atoms with Crippen molar-refractivity contribution in [3.8, 4) is 17.6 Å². The standard InChI is InChI=1S/C10H9NO2/c1-13-9-4-5-10(12)8(7-9)3-2-6-11/h2-5,7,12H,1H3. The van der Waals surface area contributed by atoms with Crippen molar-refractivity contribution in [3.63, 3.8) is 0 Å². The second-order valence-electron chi connectivity index (χ2n) is 2.39. The molecule has 0 aromatic heterocycles. The van der Waals surface area contributed by atoms with E-state index in [9.17, 15) is 5.11 Å². The summed E-state index contributed by atoms with van der Waals surface area (Å²) in [6.07, 6.45) is 2.83. The van der Waals surface area contributed by atoms with Gasteiger partial charge in [0.05, 0.1) is 13.2 Å². The van der Waals surface area contributed by atoms with Crippen LogP contribution in [0.15, 0.2) is 24.3 Å². The van der Waals surface area contributed by atoms with Crippen LogP contribution < -0.4 is 4.74 Å². The van der Waals surface area contributed by atoms with Crippen molar-refractivity contribution in [3.05, 3.63) is 29.8 Å². The van der Waals surface area contributed by atoms with Crippen molar-refractivity contribution in [1.29, 1.82) is 5.26 Å². The van der Waals surface area contributed by atoms with Crippen LogP contribution in [0.25, 0.3) is 6.08 Å². The van der Waals surface area contributed by atoms with Crippen LogP contribution in [0.2, 0.25) is 0 Å². The second kappa shape index (κ2) is 4.17. The molecular weight excluding hydrogens is 166 g/mol. The summed E-state index contributed by atoms with van der Waals surface area (Å²) in [4.78, 5) is 0. The van der Waals surface area contributed by atoms with Gasteiger partial charge < -0.3 is 9.84 Å². The minimum Gasteiger partial charge on any atom is -0.507 e. The number of allylic oxidation sites excluding steroid dienone is 1. The van der Waals surface area contributed by atoms with Crippen molar-refractivity contribution < 1.29 is 9.84 Å². The number of ether oxygens (including phenoxy) is 1. The SMILES string of the molecule is COc1ccc(O)c(C=CC#N)c1. The van der Waals surface area contributed by atoms with Crippen LogP contribution in [0.3, 0.4) is 0 Å². The Balaban J connectivity index is 3.05. The second-order valence-corrected chi connectivity index (χ2v) is 2.39. The van der Waals surface area contributed by atoms with Gasteiger partial charge in [-0.15, -0.1) is 0 Å². The van der Waals surface area contributed by atoms with E-state index in [1.807, 2.05) is 6.07 Å². The van der Waals surface area contributed by atoms with Gasteiger partial charge in [-0.2, -0.15) is 5.26 Å². The van der Waals surface area contributed by atoms with Gasteiger partial charge in [-0.25, -0.2) is 0 Å². The lowest BCUT2D eigenvalue weighted by Gasteiger charge is -2.02. The van der Waals surface area contributed by atoms with E-state index in [2.05, 4.69) is 0 Å². The van der Waals surface area contributed by atoms with Gasteiger partial charge in [-0.05, 0) is 24.3 Å². The topological polar surface area (TPSA) is 53.2 Å². The molecule has 1 N–H and O–H groups in total. The van der Waals surface area contributed by atoms with Gasteiger partial charge in [0.25, 0.3) is 0 Å². The molecule has 0 unspecified atom stereocenters. The van der Waals surface area contributed by atoms with E-state index in [0.717, 1.165) is 0 Å². The molecule has 0 atom stereocenters. The Bertz CT molecular complexity index is 364. The highest BCUT2D eigenvalue weighted by Crippen LogP contribution is 2.23. The molecule has 1 rings (SSSR count). The zero-order valence-corrected chi connectivity index (χ0v) is 7.19. The third-order valence-corrected chi connectivity index (χ3v) is 1.57. The number of hydrogen-bond acceptors (Lipinski definition) is 3. The number of nitrogens with zero attached hydrogens (tertiary/aromatic N) is 1. The van der Waals surface area contributed by atoms with Crippen LogP contribution in [0.1, 0.15) is 5.56 Å². The summed E-state index contributed by atoms with van der Waals surface area (Å²) >= 11 is 0. The predicted molar refractivity (Wildman–Crippen MR) is 49.3 cm³/mol. The van der Waals surface area contributed by atoms with Crippen LogP contribution in [0.5, 0.6) is 11.5 Å². The van der Waals surface area contributed by atoms with Crippen molar-refractivity contribution in [1.82, 2.24) is 0 Å². The molecule has 1 aromatic rings. The average Bonchev–Trinajstić information content (AvgIpc) is 2.17. The third kappa shape index (κ3) is 2.24. The summed E-state index contributed by atoms with van der Waals surface area (Å²) in [6.45, 7) is 0. The molecule has 0 spiro atoms. The first-order valence-corrected chi connectivity index (χ1v) is 3.71. The Morgan fingerprint density at radius 2 is 2.31 bits per heavy atom. The molecule has 3 heteroatoms. The normalized spacial score (nSPS) is 9.85. The van der Waals surface area contributed by atoms with Gasteiger partial charge >= 0.3 is 0 Å². The zero-order valence-electron chi connectivity index (χ0n) is 7.19. The molecule has 0 radical (unpaired) electrons. The molecule has 13 heavy (non-hydrogen) atoms. The highest BCUT2D eigenvalue weighted by Gasteiger charge is 1.98. The van der Waals surface area contributed by atoms with E-state index < -0.39 is 0 Å². The van der Waals surface area contributed by atoms with Crippen molar-refractivity contribution in [2.24, 2.45) is 0 Å². The number of aromatic hydroxyl groups is 1. The molecule has 66 valence electrons. The van der Waals surface area contributed by atoms with Crippen molar-refractivity contribution >= 4 is 6.08 Å². The number of hydrogen-bond donors (Lipinski definition) is 1. The van der Waals surface area contributed by atoms with Gasteiger partial charge in [0.2, 0.25) is 0 Å². The van der Waals surface area contributed by atoms with Gasteiger partial charge in [-0.1, -0.05) is 0 Å². The molecule has 0 saturated carbocycles. The quantitative estimate of drug-likeness (QED) is 0.699. The lowest BCUT2D eigenvalue weighted by atomic mass is 10.2. The molecule has 0 aliphatic heterocycles. The highest BCUT2D eigenvalue weighted by atomic mass is 16.5. The summed E-state index contributed by atoms with van der Waals surface area (Å²) in [5.74, 6) is 0.780. The summed E-state index contributed by atoms with van der Waals surface area (Å²) in [6, 6.07) is 6.68. The smallest absolute Gasteiger partial charge is 0.123 e. The summed E-state index contributed by atoms with van der Waals surface area (Å²) in [7, 11) is 1.55. The minimum atomic E-state index is 0.132. The Kier molecular flexibility index (Phi) is 2.93. The molecule has 0 saturated heterocycles. The molecule has 0 amide bonds. The molecule has 0 aliphatic carbocycles. The van der Waals surface area contributed by atoms with Crippen LogP contribution in [-0.2, 0) is 0 Å². The lowest BCUT2D eigenvalue weighted by Crippen LogP contribution is -1.83. The van der Waals surface area contributed by atoms with Gasteiger partial charge in [0.1, 0.15) is 11.5 Å². The fraction of sp³-hybridized carbons (Fsp3) is 0.100. The van der Waals surface area contributed by atoms with Gasteiger partial charge in [-0.3, -0.25) is 0 Å². The maximum Gasteiger partial charge on any atom is 0.123 e. The number of rotatable bonds is 2. The first-order chi connectivity index (χ1) is 6.27. The fourth-order valence-corrected chi connectivity index (χ4v) is 0.920. The maximum atomic E-state index is 9.34. The van der Waals surface area contributed by atoms with Crippen molar-refractivity contribution in [2.75, 3.05) is 7.11 Å². The molecule has 0 aliphatic rings. The predicted octanol–water partition coefficient (Wildman–Crippen LogP) is 1.94. The molecule has 0 heterocycles. The lowest BCUT2D eigenvalue weighted by molar-refractivity contribution is 0.412. The monoisotopic (exact) mass is 175 g/mol. The molecular formula is C10H9NO2. The molecule has 1 aromatic carbocycles. The highest BCUT2D eigenvalue weighted by molar-refractivity contribution is 5.60. The number of nitriles is 1. The number of phenols is 1. The minimum absolute atomic E-state index is 0.132. The third-order valence-electron chi connectivity index (χ3n) is 1.57. The van der Waals surface area contributed by atoms with Crippen LogP contribution in [0.4, 0.5) is 0 Å². The van der Waals surface area contributed by atoms with E-state index in [1.165, 1.54) is 18.2 Å². The van der Waals surface area contributed by atoms with Gasteiger partial charge in [0.15, 0.2) is 0 Å². The van der Waals surface area contributed by atoms with E-state index in [-0.39, 0.29) is 5.75 Å². The maximum absolute atomic E-state index is 9.34. The first kappa shape index (κ1) is 9.14. The molecule has 3 nitrogen and oxygen atoms in total. The van der Waals surface area contributed by atoms with Gasteiger partial charge in [0, 0.05) is 11.6 Å². The number of benzene rings is 1. The van der Waals surface area contributed by atoms with Crippen LogP contribution in [-0.4, -0.2) is 12.2 Å². The number of methoxy groups -OCH3 is 1. The van der Waals surface area contributed by atoms with E-state index in [1.54, 1.807) is 19.2 Å². The van der Waals surface area contributed by atoms with E-state index in [0.29, 0.717) is 11.3 Å².